The summed E-state index contributed by atoms with van der Waals surface area (Å²) in [6, 6.07) is 0. The molecule has 0 saturated heterocycles. The Bertz CT molecular complexity index is 556. The number of hydrogen-bond donors (Lipinski definition) is 0. The van der Waals surface area contributed by atoms with Gasteiger partial charge in [-0.2, -0.15) is 0 Å². The molecule has 0 bridgehead atoms. The van der Waals surface area contributed by atoms with Crippen LogP contribution in [-0.4, -0.2) is 145 Å². The molecule has 0 fully saturated rings. The highest BCUT2D eigenvalue weighted by Crippen LogP contribution is 2.08. The van der Waals surface area contributed by atoms with Crippen molar-refractivity contribution in [3.8, 4) is 0 Å². The van der Waals surface area contributed by atoms with Gasteiger partial charge >= 0.3 is 5.97 Å². The van der Waals surface area contributed by atoms with Gasteiger partial charge in [0.25, 0.3) is 0 Å². The highest BCUT2D eigenvalue weighted by Gasteiger charge is 2.01. The Kier molecular flexibility index (Phi) is 40.2. The number of unbranched alkanes of at least 4 members (excludes halogenated alkanes) is 7. The van der Waals surface area contributed by atoms with Gasteiger partial charge in [0.1, 0.15) is 0 Å². The summed E-state index contributed by atoms with van der Waals surface area (Å²) in [5.74, 6) is -0.247. The van der Waals surface area contributed by atoms with E-state index in [0.717, 1.165) is 13.0 Å². The van der Waals surface area contributed by atoms with Crippen molar-refractivity contribution < 1.29 is 56.9 Å². The van der Waals surface area contributed by atoms with Gasteiger partial charge in [-0.05, 0) is 13.3 Å². The van der Waals surface area contributed by atoms with Crippen molar-refractivity contribution >= 4 is 5.97 Å². The zero-order valence-electron chi connectivity index (χ0n) is 28.6. The summed E-state index contributed by atoms with van der Waals surface area (Å²) in [4.78, 5) is 11.1. The lowest BCUT2D eigenvalue weighted by atomic mass is 10.1. The molecule has 0 aromatic carbocycles. The van der Waals surface area contributed by atoms with Crippen molar-refractivity contribution in [2.45, 2.75) is 71.6 Å². The third-order valence-corrected chi connectivity index (χ3v) is 6.25. The minimum absolute atomic E-state index is 0.247. The van der Waals surface area contributed by atoms with Crippen molar-refractivity contribution in [1.29, 1.82) is 0 Å². The fourth-order valence-electron chi connectivity index (χ4n) is 3.81. The van der Waals surface area contributed by atoms with Gasteiger partial charge in [0, 0.05) is 6.61 Å². The van der Waals surface area contributed by atoms with Crippen LogP contribution in [0.4, 0.5) is 0 Å². The molecule has 0 unspecified atom stereocenters. The first-order valence-electron chi connectivity index (χ1n) is 17.2. The predicted molar refractivity (Wildman–Crippen MR) is 172 cm³/mol. The van der Waals surface area contributed by atoms with Gasteiger partial charge in [-0.25, -0.2) is 0 Å². The fraction of sp³-hybridized carbons (Fsp3) is 0.970. The summed E-state index contributed by atoms with van der Waals surface area (Å²) in [6.45, 7) is 15.0. The first-order chi connectivity index (χ1) is 22.3. The van der Waals surface area contributed by atoms with Gasteiger partial charge in [-0.1, -0.05) is 51.9 Å². The number of ether oxygens (including phenoxy) is 11. The third kappa shape index (κ3) is 41.0. The van der Waals surface area contributed by atoms with Crippen molar-refractivity contribution in [2.75, 3.05) is 139 Å². The maximum absolute atomic E-state index is 11.1. The molecule has 0 aliphatic carbocycles. The summed E-state index contributed by atoms with van der Waals surface area (Å²) in [5, 5.41) is 0. The van der Waals surface area contributed by atoms with E-state index >= 15 is 0 Å². The van der Waals surface area contributed by atoms with Crippen molar-refractivity contribution in [3.63, 3.8) is 0 Å². The number of hydrogen-bond acceptors (Lipinski definition) is 12. The monoisotopic (exact) mass is 654 g/mol. The SMILES string of the molecule is CCCCCCCCCCOCCOCCOCCOCCOCCOCCOCCOCCOCCOCCC(=O)OCC. The van der Waals surface area contributed by atoms with E-state index < -0.39 is 0 Å². The fourth-order valence-corrected chi connectivity index (χ4v) is 3.81. The zero-order chi connectivity index (χ0) is 32.6. The van der Waals surface area contributed by atoms with Gasteiger partial charge in [0.15, 0.2) is 0 Å². The van der Waals surface area contributed by atoms with E-state index in [-0.39, 0.29) is 12.4 Å². The van der Waals surface area contributed by atoms with E-state index in [1.807, 2.05) is 0 Å². The van der Waals surface area contributed by atoms with Crippen LogP contribution >= 0.6 is 0 Å². The molecule has 0 rings (SSSR count). The minimum atomic E-state index is -0.247. The van der Waals surface area contributed by atoms with Crippen molar-refractivity contribution in [2.24, 2.45) is 0 Å². The van der Waals surface area contributed by atoms with Crippen LogP contribution in [0.3, 0.4) is 0 Å². The standard InChI is InChI=1S/C33H66O12/c1-3-5-6-7-8-9-10-11-13-35-15-17-37-19-21-39-23-25-41-27-29-43-31-32-44-30-28-42-26-24-40-22-20-38-18-16-36-14-12-33(34)45-4-2/h3-32H2,1-2H3. The van der Waals surface area contributed by atoms with E-state index in [2.05, 4.69) is 6.92 Å². The van der Waals surface area contributed by atoms with Crippen LogP contribution in [0, 0.1) is 0 Å². The predicted octanol–water partition coefficient (Wildman–Crippen LogP) is 4.25. The van der Waals surface area contributed by atoms with Gasteiger partial charge in [0.2, 0.25) is 0 Å². The van der Waals surface area contributed by atoms with Crippen LogP contribution in [-0.2, 0) is 56.9 Å². The number of carbonyl (C=O) groups is 1. The average Bonchev–Trinajstić information content (AvgIpc) is 3.04. The molecule has 0 radical (unpaired) electrons. The molecule has 0 amide bonds. The smallest absolute Gasteiger partial charge is 0.308 e. The summed E-state index contributed by atoms with van der Waals surface area (Å²) < 4.78 is 59.5. The lowest BCUT2D eigenvalue weighted by Gasteiger charge is -2.09. The Balaban J connectivity index is 3.05. The molecule has 0 N–H and O–H groups in total. The second-order valence-corrected chi connectivity index (χ2v) is 10.2. The second-order valence-electron chi connectivity index (χ2n) is 10.2. The lowest BCUT2D eigenvalue weighted by Crippen LogP contribution is -2.15. The molecule has 0 atom stereocenters. The quantitative estimate of drug-likeness (QED) is 0.0695. The number of rotatable bonds is 40. The molecule has 12 heteroatoms. The summed E-state index contributed by atoms with van der Waals surface area (Å²) >= 11 is 0. The highest BCUT2D eigenvalue weighted by molar-refractivity contribution is 5.69. The molecule has 0 heterocycles. The van der Waals surface area contributed by atoms with E-state index in [0.29, 0.717) is 132 Å². The first kappa shape index (κ1) is 44.1. The van der Waals surface area contributed by atoms with E-state index in [1.54, 1.807) is 6.92 Å². The maximum Gasteiger partial charge on any atom is 0.308 e. The van der Waals surface area contributed by atoms with Crippen LogP contribution in [0.1, 0.15) is 71.6 Å². The van der Waals surface area contributed by atoms with Crippen molar-refractivity contribution in [1.82, 2.24) is 0 Å². The van der Waals surface area contributed by atoms with E-state index in [4.69, 9.17) is 52.1 Å². The summed E-state index contributed by atoms with van der Waals surface area (Å²) in [5.41, 5.74) is 0. The van der Waals surface area contributed by atoms with Gasteiger partial charge in [-0.3, -0.25) is 4.79 Å². The highest BCUT2D eigenvalue weighted by atomic mass is 16.6. The minimum Gasteiger partial charge on any atom is -0.466 e. The van der Waals surface area contributed by atoms with Crippen LogP contribution in [0.2, 0.25) is 0 Å². The molecule has 12 nitrogen and oxygen atoms in total. The molecule has 0 aliphatic heterocycles. The van der Waals surface area contributed by atoms with E-state index in [9.17, 15) is 4.79 Å². The third-order valence-electron chi connectivity index (χ3n) is 6.25. The topological polar surface area (TPSA) is 119 Å². The normalized spacial score (nSPS) is 11.4. The zero-order valence-corrected chi connectivity index (χ0v) is 28.6. The van der Waals surface area contributed by atoms with E-state index in [1.165, 1.54) is 44.9 Å². The number of esters is 1. The molecule has 0 saturated carbocycles. The summed E-state index contributed by atoms with van der Waals surface area (Å²) in [7, 11) is 0. The van der Waals surface area contributed by atoms with Crippen LogP contribution in [0.15, 0.2) is 0 Å². The molecule has 0 spiro atoms. The lowest BCUT2D eigenvalue weighted by molar-refractivity contribution is -0.144. The average molecular weight is 655 g/mol. The Morgan fingerprint density at radius 3 is 0.911 bits per heavy atom. The first-order valence-corrected chi connectivity index (χ1v) is 17.2. The molecule has 45 heavy (non-hydrogen) atoms. The second kappa shape index (κ2) is 41.1. The molecule has 0 aliphatic rings. The van der Waals surface area contributed by atoms with Gasteiger partial charge in [-0.15, -0.1) is 0 Å². The largest absolute Gasteiger partial charge is 0.466 e. The molecule has 0 aromatic heterocycles. The van der Waals surface area contributed by atoms with Crippen LogP contribution < -0.4 is 0 Å². The molecular formula is C33H66O12. The Morgan fingerprint density at radius 1 is 0.333 bits per heavy atom. The van der Waals surface area contributed by atoms with Gasteiger partial charge in [0.05, 0.1) is 139 Å². The van der Waals surface area contributed by atoms with Crippen LogP contribution in [0.25, 0.3) is 0 Å². The maximum atomic E-state index is 11.1. The molecule has 270 valence electrons. The molecule has 0 aromatic rings. The summed E-state index contributed by atoms with van der Waals surface area (Å²) in [6.07, 6.45) is 10.8. The Morgan fingerprint density at radius 2 is 0.600 bits per heavy atom. The Labute approximate surface area is 273 Å². The van der Waals surface area contributed by atoms with Gasteiger partial charge < -0.3 is 52.1 Å². The van der Waals surface area contributed by atoms with Crippen LogP contribution in [0.5, 0.6) is 0 Å². The molecular weight excluding hydrogens is 588 g/mol. The Hall–Kier alpha value is -0.930. The van der Waals surface area contributed by atoms with Crippen molar-refractivity contribution in [3.05, 3.63) is 0 Å². The number of carbonyl (C=O) groups excluding carboxylic acids is 1.